The van der Waals surface area contributed by atoms with E-state index in [1.165, 1.54) is 12.1 Å². The molecule has 0 fully saturated rings. The number of nitrogens with one attached hydrogen (secondary N) is 1. The van der Waals surface area contributed by atoms with Crippen molar-refractivity contribution in [2.45, 2.75) is 6.92 Å². The Morgan fingerprint density at radius 2 is 2.31 bits per heavy atom. The van der Waals surface area contributed by atoms with Gasteiger partial charge in [0.05, 0.1) is 5.56 Å². The minimum Gasteiger partial charge on any atom is -0.508 e. The summed E-state index contributed by atoms with van der Waals surface area (Å²) in [4.78, 5) is 11.5. The zero-order chi connectivity index (χ0) is 12.1. The van der Waals surface area contributed by atoms with Gasteiger partial charge in [-0.2, -0.15) is 0 Å². The first-order chi connectivity index (χ1) is 7.54. The van der Waals surface area contributed by atoms with Crippen molar-refractivity contribution in [2.75, 3.05) is 12.4 Å². The van der Waals surface area contributed by atoms with Gasteiger partial charge in [0.15, 0.2) is 0 Å². The van der Waals surface area contributed by atoms with Crippen molar-refractivity contribution >= 4 is 17.5 Å². The van der Waals surface area contributed by atoms with Gasteiger partial charge in [0.2, 0.25) is 0 Å². The molecule has 1 rings (SSSR count). The molecule has 1 unspecified atom stereocenters. The van der Waals surface area contributed by atoms with Crippen LogP contribution in [0.15, 0.2) is 18.2 Å². The summed E-state index contributed by atoms with van der Waals surface area (Å²) in [5.41, 5.74) is -0.0837. The van der Waals surface area contributed by atoms with Crippen LogP contribution in [0.1, 0.15) is 17.3 Å². The molecular weight excluding hydrogens is 233 g/mol. The Hall–Kier alpha value is -1.29. The standard InChI is InChI=1S/C11H13ClFNO2/c1-7(5-12)6-14-11(16)9-3-2-8(15)4-10(9)13/h2-4,7,15H,5-6H2,1H3,(H,14,16). The lowest BCUT2D eigenvalue weighted by Gasteiger charge is -2.09. The van der Waals surface area contributed by atoms with Crippen LogP contribution in [0.3, 0.4) is 0 Å². The number of aromatic hydroxyl groups is 1. The number of rotatable bonds is 4. The molecule has 0 heterocycles. The molecule has 0 aromatic heterocycles. The van der Waals surface area contributed by atoms with Crippen LogP contribution in [0.4, 0.5) is 4.39 Å². The topological polar surface area (TPSA) is 49.3 Å². The maximum absolute atomic E-state index is 13.3. The summed E-state index contributed by atoms with van der Waals surface area (Å²) in [5, 5.41) is 11.6. The van der Waals surface area contributed by atoms with Crippen molar-refractivity contribution in [2.24, 2.45) is 5.92 Å². The number of hydrogen-bond donors (Lipinski definition) is 2. The number of carbonyl (C=O) groups excluding carboxylic acids is 1. The Kier molecular flexibility index (Phi) is 4.55. The van der Waals surface area contributed by atoms with Gasteiger partial charge in [0.1, 0.15) is 11.6 Å². The van der Waals surface area contributed by atoms with Crippen molar-refractivity contribution in [3.05, 3.63) is 29.6 Å². The maximum Gasteiger partial charge on any atom is 0.254 e. The van der Waals surface area contributed by atoms with Gasteiger partial charge >= 0.3 is 0 Å². The second-order valence-corrected chi connectivity index (χ2v) is 3.94. The van der Waals surface area contributed by atoms with Crippen LogP contribution in [-0.4, -0.2) is 23.4 Å². The number of benzene rings is 1. The molecule has 16 heavy (non-hydrogen) atoms. The fraction of sp³-hybridized carbons (Fsp3) is 0.364. The normalized spacial score (nSPS) is 12.2. The summed E-state index contributed by atoms with van der Waals surface area (Å²) in [6, 6.07) is 3.41. The highest BCUT2D eigenvalue weighted by molar-refractivity contribution is 6.18. The van der Waals surface area contributed by atoms with Gasteiger partial charge < -0.3 is 10.4 Å². The third-order valence-corrected chi connectivity index (χ3v) is 2.60. The van der Waals surface area contributed by atoms with Crippen molar-refractivity contribution in [1.29, 1.82) is 0 Å². The lowest BCUT2D eigenvalue weighted by Crippen LogP contribution is -2.29. The molecule has 0 radical (unpaired) electrons. The molecule has 0 aliphatic heterocycles. The quantitative estimate of drug-likeness (QED) is 0.799. The van der Waals surface area contributed by atoms with E-state index in [2.05, 4.69) is 5.32 Å². The summed E-state index contributed by atoms with van der Waals surface area (Å²) in [6.07, 6.45) is 0. The molecule has 0 spiro atoms. The van der Waals surface area contributed by atoms with Crippen molar-refractivity contribution in [3.63, 3.8) is 0 Å². The number of phenolic OH excluding ortho intramolecular Hbond substituents is 1. The molecule has 3 nitrogen and oxygen atoms in total. The van der Waals surface area contributed by atoms with Gasteiger partial charge in [-0.25, -0.2) is 4.39 Å². The smallest absolute Gasteiger partial charge is 0.254 e. The number of halogens is 2. The number of amides is 1. The zero-order valence-corrected chi connectivity index (χ0v) is 9.59. The molecule has 0 saturated heterocycles. The Morgan fingerprint density at radius 3 is 2.88 bits per heavy atom. The highest BCUT2D eigenvalue weighted by Crippen LogP contribution is 2.14. The number of carbonyl (C=O) groups is 1. The Bertz CT molecular complexity index is 384. The first-order valence-corrected chi connectivity index (χ1v) is 5.40. The molecule has 1 amide bonds. The predicted octanol–water partition coefficient (Wildman–Crippen LogP) is 2.14. The molecule has 1 atom stereocenters. The fourth-order valence-electron chi connectivity index (χ4n) is 1.10. The maximum atomic E-state index is 13.3. The van der Waals surface area contributed by atoms with Crippen LogP contribution in [-0.2, 0) is 0 Å². The van der Waals surface area contributed by atoms with Gasteiger partial charge in [-0.1, -0.05) is 6.92 Å². The first-order valence-electron chi connectivity index (χ1n) is 4.87. The summed E-state index contributed by atoms with van der Waals surface area (Å²) in [5.74, 6) is -0.891. The minimum absolute atomic E-state index is 0.0837. The Balaban J connectivity index is 2.66. The van der Waals surface area contributed by atoms with Gasteiger partial charge in [-0.3, -0.25) is 4.79 Å². The second kappa shape index (κ2) is 5.70. The number of hydrogen-bond acceptors (Lipinski definition) is 2. The monoisotopic (exact) mass is 245 g/mol. The fourth-order valence-corrected chi connectivity index (χ4v) is 1.21. The van der Waals surface area contributed by atoms with Crippen LogP contribution in [0.2, 0.25) is 0 Å². The van der Waals surface area contributed by atoms with Gasteiger partial charge in [-0.15, -0.1) is 11.6 Å². The molecule has 1 aromatic rings. The Labute approximate surface area is 98.2 Å². The van der Waals surface area contributed by atoms with Crippen LogP contribution in [0, 0.1) is 11.7 Å². The lowest BCUT2D eigenvalue weighted by atomic mass is 10.1. The summed E-state index contributed by atoms with van der Waals surface area (Å²) in [6.45, 7) is 2.27. The van der Waals surface area contributed by atoms with E-state index in [0.717, 1.165) is 6.07 Å². The summed E-state index contributed by atoms with van der Waals surface area (Å²) in [7, 11) is 0. The van der Waals surface area contributed by atoms with Gasteiger partial charge in [0, 0.05) is 18.5 Å². The molecule has 0 aliphatic rings. The molecule has 5 heteroatoms. The van der Waals surface area contributed by atoms with E-state index < -0.39 is 11.7 Å². The average Bonchev–Trinajstić information content (AvgIpc) is 2.25. The van der Waals surface area contributed by atoms with E-state index in [9.17, 15) is 9.18 Å². The minimum atomic E-state index is -0.740. The van der Waals surface area contributed by atoms with Crippen LogP contribution >= 0.6 is 11.6 Å². The number of phenols is 1. The molecule has 88 valence electrons. The van der Waals surface area contributed by atoms with Crippen LogP contribution in [0.5, 0.6) is 5.75 Å². The highest BCUT2D eigenvalue weighted by Gasteiger charge is 2.12. The first kappa shape index (κ1) is 12.8. The average molecular weight is 246 g/mol. The zero-order valence-electron chi connectivity index (χ0n) is 8.84. The SMILES string of the molecule is CC(CCl)CNC(=O)c1ccc(O)cc1F. The third-order valence-electron chi connectivity index (χ3n) is 2.07. The van der Waals surface area contributed by atoms with Crippen LogP contribution < -0.4 is 5.32 Å². The lowest BCUT2D eigenvalue weighted by molar-refractivity contribution is 0.0945. The van der Waals surface area contributed by atoms with E-state index >= 15 is 0 Å². The molecule has 1 aromatic carbocycles. The van der Waals surface area contributed by atoms with Crippen molar-refractivity contribution in [3.8, 4) is 5.75 Å². The molecular formula is C11H13ClFNO2. The van der Waals surface area contributed by atoms with Gasteiger partial charge in [-0.05, 0) is 18.1 Å². The second-order valence-electron chi connectivity index (χ2n) is 3.63. The molecule has 0 bridgehead atoms. The Morgan fingerprint density at radius 1 is 1.62 bits per heavy atom. The summed E-state index contributed by atoms with van der Waals surface area (Å²) < 4.78 is 13.3. The van der Waals surface area contributed by atoms with Crippen LogP contribution in [0.25, 0.3) is 0 Å². The van der Waals surface area contributed by atoms with E-state index in [0.29, 0.717) is 12.4 Å². The summed E-state index contributed by atoms with van der Waals surface area (Å²) >= 11 is 5.58. The largest absolute Gasteiger partial charge is 0.508 e. The van der Waals surface area contributed by atoms with Gasteiger partial charge in [0.25, 0.3) is 5.91 Å². The molecule has 0 aliphatic carbocycles. The molecule has 2 N–H and O–H groups in total. The highest BCUT2D eigenvalue weighted by atomic mass is 35.5. The van der Waals surface area contributed by atoms with Crippen molar-refractivity contribution < 1.29 is 14.3 Å². The van der Waals surface area contributed by atoms with E-state index in [1.807, 2.05) is 6.92 Å². The molecule has 0 saturated carbocycles. The van der Waals surface area contributed by atoms with E-state index in [-0.39, 0.29) is 17.2 Å². The van der Waals surface area contributed by atoms with E-state index in [1.54, 1.807) is 0 Å². The van der Waals surface area contributed by atoms with E-state index in [4.69, 9.17) is 16.7 Å². The third kappa shape index (κ3) is 3.38. The number of alkyl halides is 1. The predicted molar refractivity (Wildman–Crippen MR) is 60.3 cm³/mol. The van der Waals surface area contributed by atoms with Crippen molar-refractivity contribution in [1.82, 2.24) is 5.32 Å².